The van der Waals surface area contributed by atoms with Gasteiger partial charge in [0.1, 0.15) is 5.71 Å². The van der Waals surface area contributed by atoms with Crippen LogP contribution in [0.5, 0.6) is 0 Å². The minimum atomic E-state index is -0.0344. The molecule has 4 heteroatoms. The van der Waals surface area contributed by atoms with Gasteiger partial charge in [-0.25, -0.2) is 0 Å². The van der Waals surface area contributed by atoms with Gasteiger partial charge in [0.15, 0.2) is 0 Å². The zero-order valence-electron chi connectivity index (χ0n) is 9.93. The van der Waals surface area contributed by atoms with Crippen molar-refractivity contribution in [2.75, 3.05) is 0 Å². The van der Waals surface area contributed by atoms with E-state index in [0.717, 1.165) is 21.3 Å². The molecular weight excluding hydrogens is 304 g/mol. The van der Waals surface area contributed by atoms with E-state index in [-0.39, 0.29) is 5.78 Å². The Morgan fingerprint density at radius 1 is 1.21 bits per heavy atom. The molecule has 0 fully saturated rings. The second-order valence-corrected chi connectivity index (χ2v) is 5.45. The fraction of sp³-hybridized carbons (Fsp3) is 0.0667. The molecule has 4 rings (SSSR count). The SMILES string of the molecule is O=C1C=CC(Br)=C2C1=NCc1cccc3ccn2c13. The quantitative estimate of drug-likeness (QED) is 0.687. The predicted molar refractivity (Wildman–Crippen MR) is 79.4 cm³/mol. The Labute approximate surface area is 118 Å². The fourth-order valence-electron chi connectivity index (χ4n) is 2.67. The van der Waals surface area contributed by atoms with Gasteiger partial charge in [-0.3, -0.25) is 9.79 Å². The summed E-state index contributed by atoms with van der Waals surface area (Å²) >= 11 is 3.53. The lowest BCUT2D eigenvalue weighted by atomic mass is 10.1. The lowest BCUT2D eigenvalue weighted by molar-refractivity contribution is -0.108. The van der Waals surface area contributed by atoms with E-state index in [9.17, 15) is 4.79 Å². The molecule has 0 spiro atoms. The van der Waals surface area contributed by atoms with Crippen LogP contribution in [-0.2, 0) is 11.3 Å². The van der Waals surface area contributed by atoms with Gasteiger partial charge in [-0.1, -0.05) is 18.2 Å². The molecular formula is C15H9BrN2O. The summed E-state index contributed by atoms with van der Waals surface area (Å²) in [7, 11) is 0. The minimum absolute atomic E-state index is 0.0344. The number of ketones is 1. The average Bonchev–Trinajstić information content (AvgIpc) is 2.75. The van der Waals surface area contributed by atoms with Gasteiger partial charge in [0.2, 0.25) is 5.78 Å². The summed E-state index contributed by atoms with van der Waals surface area (Å²) in [4.78, 5) is 16.5. The van der Waals surface area contributed by atoms with Crippen LogP contribution in [-0.4, -0.2) is 16.1 Å². The van der Waals surface area contributed by atoms with Crippen LogP contribution in [0, 0.1) is 0 Å². The maximum atomic E-state index is 12.0. The first kappa shape index (κ1) is 10.9. The van der Waals surface area contributed by atoms with E-state index in [2.05, 4.69) is 43.7 Å². The molecule has 3 nitrogen and oxygen atoms in total. The molecule has 1 aromatic heterocycles. The first-order chi connectivity index (χ1) is 9.25. The van der Waals surface area contributed by atoms with Gasteiger partial charge in [0.05, 0.1) is 17.8 Å². The number of rotatable bonds is 0. The first-order valence-corrected chi connectivity index (χ1v) is 6.81. The maximum Gasteiger partial charge on any atom is 0.205 e. The summed E-state index contributed by atoms with van der Waals surface area (Å²) < 4.78 is 2.95. The Morgan fingerprint density at radius 3 is 3.00 bits per heavy atom. The van der Waals surface area contributed by atoms with Crippen LogP contribution in [0.25, 0.3) is 16.6 Å². The summed E-state index contributed by atoms with van der Waals surface area (Å²) in [5.74, 6) is -0.0344. The van der Waals surface area contributed by atoms with Crippen molar-refractivity contribution in [3.05, 3.63) is 52.7 Å². The molecule has 0 unspecified atom stereocenters. The van der Waals surface area contributed by atoms with E-state index in [4.69, 9.17) is 0 Å². The lowest BCUT2D eigenvalue weighted by Gasteiger charge is -2.14. The molecule has 2 heterocycles. The van der Waals surface area contributed by atoms with Gasteiger partial charge in [-0.2, -0.15) is 0 Å². The highest BCUT2D eigenvalue weighted by molar-refractivity contribution is 9.12. The van der Waals surface area contributed by atoms with Crippen molar-refractivity contribution in [3.8, 4) is 0 Å². The topological polar surface area (TPSA) is 34.4 Å². The Morgan fingerprint density at radius 2 is 2.11 bits per heavy atom. The van der Waals surface area contributed by atoms with Crippen LogP contribution in [0.2, 0.25) is 0 Å². The number of halogens is 1. The molecule has 0 radical (unpaired) electrons. The highest BCUT2D eigenvalue weighted by atomic mass is 79.9. The van der Waals surface area contributed by atoms with Crippen LogP contribution >= 0.6 is 15.9 Å². The third kappa shape index (κ3) is 1.43. The van der Waals surface area contributed by atoms with Crippen molar-refractivity contribution in [2.45, 2.75) is 6.54 Å². The molecule has 0 N–H and O–H groups in total. The van der Waals surface area contributed by atoms with Crippen molar-refractivity contribution in [2.24, 2.45) is 4.99 Å². The highest BCUT2D eigenvalue weighted by Crippen LogP contribution is 2.32. The molecule has 0 saturated heterocycles. The minimum Gasteiger partial charge on any atom is -0.313 e. The molecule has 2 aliphatic rings. The number of benzene rings is 1. The number of carbonyl (C=O) groups excluding carboxylic acids is 1. The van der Waals surface area contributed by atoms with Crippen molar-refractivity contribution in [3.63, 3.8) is 0 Å². The van der Waals surface area contributed by atoms with Crippen molar-refractivity contribution >= 4 is 44.0 Å². The maximum absolute atomic E-state index is 12.0. The van der Waals surface area contributed by atoms with Gasteiger partial charge in [-0.15, -0.1) is 0 Å². The summed E-state index contributed by atoms with van der Waals surface area (Å²) in [6.45, 7) is 0.542. The normalized spacial score (nSPS) is 17.5. The summed E-state index contributed by atoms with van der Waals surface area (Å²) in [5, 5.41) is 1.17. The smallest absolute Gasteiger partial charge is 0.205 e. The van der Waals surface area contributed by atoms with E-state index in [1.54, 1.807) is 12.2 Å². The van der Waals surface area contributed by atoms with Crippen molar-refractivity contribution in [1.82, 2.24) is 4.57 Å². The molecule has 1 aliphatic heterocycles. The molecule has 0 saturated carbocycles. The third-order valence-electron chi connectivity index (χ3n) is 3.51. The van der Waals surface area contributed by atoms with Gasteiger partial charge >= 0.3 is 0 Å². The van der Waals surface area contributed by atoms with E-state index in [1.807, 2.05) is 12.3 Å². The molecule has 19 heavy (non-hydrogen) atoms. The molecule has 0 amide bonds. The predicted octanol–water partition coefficient (Wildman–Crippen LogP) is 3.30. The number of hydrogen-bond acceptors (Lipinski definition) is 2. The Bertz CT molecular complexity index is 824. The number of allylic oxidation sites excluding steroid dienone is 4. The van der Waals surface area contributed by atoms with Crippen molar-refractivity contribution < 1.29 is 4.79 Å². The van der Waals surface area contributed by atoms with E-state index >= 15 is 0 Å². The first-order valence-electron chi connectivity index (χ1n) is 6.02. The third-order valence-corrected chi connectivity index (χ3v) is 4.15. The number of hydrogen-bond donors (Lipinski definition) is 0. The number of nitrogens with zero attached hydrogens (tertiary/aromatic N) is 2. The molecule has 1 aromatic carbocycles. The Hall–Kier alpha value is -1.94. The van der Waals surface area contributed by atoms with E-state index in [1.165, 1.54) is 5.39 Å². The summed E-state index contributed by atoms with van der Waals surface area (Å²) in [6.07, 6.45) is 5.34. The van der Waals surface area contributed by atoms with Gasteiger partial charge in [0.25, 0.3) is 0 Å². The summed E-state index contributed by atoms with van der Waals surface area (Å²) in [6, 6.07) is 8.24. The van der Waals surface area contributed by atoms with Crippen molar-refractivity contribution in [1.29, 1.82) is 0 Å². The van der Waals surface area contributed by atoms with Gasteiger partial charge < -0.3 is 4.57 Å². The van der Waals surface area contributed by atoms with E-state index < -0.39 is 0 Å². The Balaban J connectivity index is 2.16. The second kappa shape index (κ2) is 3.78. The standard InChI is InChI=1S/C15H9BrN2O/c16-11-4-5-12(19)13-15(11)18-7-6-9-2-1-3-10(8-17-13)14(9)18/h1-7H,8H2. The number of fused-ring (bicyclic) bond motifs is 2. The average molecular weight is 313 g/mol. The second-order valence-electron chi connectivity index (χ2n) is 4.60. The van der Waals surface area contributed by atoms with Gasteiger partial charge in [0, 0.05) is 16.1 Å². The van der Waals surface area contributed by atoms with Crippen LogP contribution < -0.4 is 0 Å². The van der Waals surface area contributed by atoms with Crippen LogP contribution in [0.3, 0.4) is 0 Å². The number of aliphatic imine (C=N–C) groups is 1. The molecule has 1 aliphatic carbocycles. The van der Waals surface area contributed by atoms with Crippen LogP contribution in [0.4, 0.5) is 0 Å². The Kier molecular flexibility index (Phi) is 2.17. The number of aromatic nitrogens is 1. The zero-order chi connectivity index (χ0) is 13.0. The molecule has 0 bridgehead atoms. The van der Waals surface area contributed by atoms with E-state index in [0.29, 0.717) is 12.3 Å². The monoisotopic (exact) mass is 312 g/mol. The number of para-hydroxylation sites is 1. The summed E-state index contributed by atoms with van der Waals surface area (Å²) in [5.41, 5.74) is 3.65. The number of carbonyl (C=O) groups is 1. The molecule has 92 valence electrons. The largest absolute Gasteiger partial charge is 0.313 e. The van der Waals surface area contributed by atoms with Gasteiger partial charge in [-0.05, 0) is 39.7 Å². The van der Waals surface area contributed by atoms with Crippen LogP contribution in [0.1, 0.15) is 5.56 Å². The fourth-order valence-corrected chi connectivity index (χ4v) is 3.18. The zero-order valence-corrected chi connectivity index (χ0v) is 11.5. The highest BCUT2D eigenvalue weighted by Gasteiger charge is 2.26. The molecule has 2 aromatic rings. The van der Waals surface area contributed by atoms with Crippen LogP contribution in [0.15, 0.2) is 52.1 Å². The molecule has 0 atom stereocenters. The lowest BCUT2D eigenvalue weighted by Crippen LogP contribution is -2.20.